The number of benzene rings is 3. The monoisotopic (exact) mass is 894 g/mol. The predicted octanol–water partition coefficient (Wildman–Crippen LogP) is 11.3. The van der Waals surface area contributed by atoms with Crippen molar-refractivity contribution in [3.05, 3.63) is 123 Å². The minimum atomic E-state index is -2.98. The molecule has 0 bridgehead atoms. The van der Waals surface area contributed by atoms with Crippen molar-refractivity contribution < 1.29 is 41.9 Å². The van der Waals surface area contributed by atoms with Gasteiger partial charge in [-0.25, -0.2) is 4.39 Å². The first kappa shape index (κ1) is 46.3. The first-order valence-corrected chi connectivity index (χ1v) is 27.7. The fourth-order valence-electron chi connectivity index (χ4n) is 8.64. The van der Waals surface area contributed by atoms with E-state index in [1.807, 2.05) is 98.8 Å². The van der Waals surface area contributed by atoms with E-state index >= 15 is 14.0 Å². The van der Waals surface area contributed by atoms with Gasteiger partial charge in [0.2, 0.25) is 11.6 Å². The van der Waals surface area contributed by atoms with Crippen LogP contribution in [-0.4, -0.2) is 69.7 Å². The second-order valence-electron chi connectivity index (χ2n) is 20.5. The zero-order chi connectivity index (χ0) is 45.9. The van der Waals surface area contributed by atoms with Crippen LogP contribution in [0.25, 0.3) is 11.8 Å². The standard InChI is InChI=1S/C50H63FN2O8Si2/c1-48(2,3)62(9,10)59-25-19-24-33-28-37(51)35-26-34-27-36-41(53(7)8)44-40(47(52-60-44)58-30-32-22-17-14-18-23-32)46(56)50(36,61-63(11,12)49(4,5)6)45(55)38(34)42(54)39(35)43(33)57-29-31-20-15-13-16-21-31/h13-24,28,34,36,41,54H,25-27,29-30H2,1-12H3/b24-19+/t34-,36-,41-,50-/m0/s1. The lowest BCUT2D eigenvalue weighted by Gasteiger charge is -2.55. The van der Waals surface area contributed by atoms with Crippen molar-refractivity contribution in [3.8, 4) is 11.6 Å². The van der Waals surface area contributed by atoms with Gasteiger partial charge in [0.1, 0.15) is 36.1 Å². The molecule has 7 rings (SSSR count). The number of aromatic nitrogens is 1. The Morgan fingerprint density at radius 1 is 0.873 bits per heavy atom. The van der Waals surface area contributed by atoms with Crippen LogP contribution < -0.4 is 9.47 Å². The van der Waals surface area contributed by atoms with Crippen LogP contribution >= 0.6 is 0 Å². The van der Waals surface area contributed by atoms with Crippen molar-refractivity contribution in [2.75, 3.05) is 20.7 Å². The van der Waals surface area contributed by atoms with Crippen LogP contribution in [0, 0.1) is 17.7 Å². The number of hydrogen-bond acceptors (Lipinski definition) is 10. The summed E-state index contributed by atoms with van der Waals surface area (Å²) in [7, 11) is -1.35. The van der Waals surface area contributed by atoms with Crippen LogP contribution in [0.5, 0.6) is 11.6 Å². The number of rotatable bonds is 13. The van der Waals surface area contributed by atoms with Crippen molar-refractivity contribution in [1.82, 2.24) is 10.1 Å². The number of aliphatic hydroxyl groups excluding tert-OH is 1. The van der Waals surface area contributed by atoms with Gasteiger partial charge in [0.25, 0.3) is 5.88 Å². The van der Waals surface area contributed by atoms with Crippen LogP contribution in [-0.2, 0) is 33.3 Å². The Morgan fingerprint density at radius 3 is 2.03 bits per heavy atom. The highest BCUT2D eigenvalue weighted by Crippen LogP contribution is 2.59. The molecule has 0 saturated heterocycles. The summed E-state index contributed by atoms with van der Waals surface area (Å²) >= 11 is 0. The van der Waals surface area contributed by atoms with E-state index in [4.69, 9.17) is 22.8 Å². The quantitative estimate of drug-likeness (QED) is 0.103. The molecule has 3 aliphatic rings. The van der Waals surface area contributed by atoms with Gasteiger partial charge >= 0.3 is 0 Å². The highest BCUT2D eigenvalue weighted by Gasteiger charge is 2.69. The Bertz CT molecular complexity index is 2430. The Kier molecular flexibility index (Phi) is 12.5. The molecule has 336 valence electrons. The van der Waals surface area contributed by atoms with Gasteiger partial charge in [0.05, 0.1) is 18.2 Å². The fourth-order valence-corrected chi connectivity index (χ4v) is 11.0. The van der Waals surface area contributed by atoms with Gasteiger partial charge in [0, 0.05) is 22.6 Å². The van der Waals surface area contributed by atoms with Crippen LogP contribution in [0.3, 0.4) is 0 Å². The largest absolute Gasteiger partial charge is 0.507 e. The average molecular weight is 895 g/mol. The third-order valence-electron chi connectivity index (χ3n) is 14.1. The molecular formula is C50H63FN2O8Si2. The number of carbonyl (C=O) groups is 2. The lowest BCUT2D eigenvalue weighted by atomic mass is 9.57. The molecule has 1 fully saturated rings. The summed E-state index contributed by atoms with van der Waals surface area (Å²) in [5, 5.41) is 16.6. The van der Waals surface area contributed by atoms with Gasteiger partial charge in [-0.1, -0.05) is 114 Å². The van der Waals surface area contributed by atoms with E-state index in [1.54, 1.807) is 6.08 Å². The average Bonchev–Trinajstić information content (AvgIpc) is 3.63. The summed E-state index contributed by atoms with van der Waals surface area (Å²) in [4.78, 5) is 33.5. The van der Waals surface area contributed by atoms with Crippen LogP contribution in [0.2, 0.25) is 36.3 Å². The molecule has 1 N–H and O–H groups in total. The number of aliphatic hydroxyl groups is 1. The number of fused-ring (bicyclic) bond motifs is 4. The zero-order valence-electron chi connectivity index (χ0n) is 38.9. The van der Waals surface area contributed by atoms with Crippen molar-refractivity contribution in [1.29, 1.82) is 0 Å². The number of ether oxygens (including phenoxy) is 2. The van der Waals surface area contributed by atoms with Crippen LogP contribution in [0.4, 0.5) is 4.39 Å². The first-order valence-electron chi connectivity index (χ1n) is 21.9. The molecule has 3 aliphatic carbocycles. The van der Waals surface area contributed by atoms with E-state index in [9.17, 15) is 5.11 Å². The maximum Gasteiger partial charge on any atom is 0.265 e. The van der Waals surface area contributed by atoms with Gasteiger partial charge in [0.15, 0.2) is 28.0 Å². The molecule has 1 aromatic heterocycles. The number of halogens is 1. The van der Waals surface area contributed by atoms with E-state index in [1.165, 1.54) is 6.07 Å². The van der Waals surface area contributed by atoms with Crippen molar-refractivity contribution in [2.45, 2.75) is 116 Å². The molecule has 13 heteroatoms. The number of hydrogen-bond donors (Lipinski definition) is 1. The Morgan fingerprint density at radius 2 is 1.46 bits per heavy atom. The zero-order valence-corrected chi connectivity index (χ0v) is 40.9. The summed E-state index contributed by atoms with van der Waals surface area (Å²) in [5.41, 5.74) is 0.426. The molecule has 4 aromatic rings. The SMILES string of the molecule is CN(C)[C@@H]1c2onc(OCc3ccccc3)c2C(=O)[C@@]2(O[Si](C)(C)C(C)(C)C)C(=O)C3=C(O)c4c(c(F)cc(/C=C/CO[Si](C)(C)C(C)(C)C)c4OCc4ccccc4)C[C@H]3C[C@@H]12. The molecule has 10 nitrogen and oxygen atoms in total. The lowest BCUT2D eigenvalue weighted by molar-refractivity contribution is -0.140. The molecule has 1 heterocycles. The van der Waals surface area contributed by atoms with Gasteiger partial charge in [-0.15, -0.1) is 0 Å². The highest BCUT2D eigenvalue weighted by atomic mass is 28.4. The number of nitrogens with zero attached hydrogens (tertiary/aromatic N) is 2. The molecule has 0 spiro atoms. The van der Waals surface area contributed by atoms with E-state index in [0.29, 0.717) is 12.2 Å². The maximum atomic E-state index is 16.7. The van der Waals surface area contributed by atoms with E-state index in [2.05, 4.69) is 59.8 Å². The Hall–Kier alpha value is -4.67. The van der Waals surface area contributed by atoms with Crippen molar-refractivity contribution in [3.63, 3.8) is 0 Å². The predicted molar refractivity (Wildman–Crippen MR) is 248 cm³/mol. The maximum absolute atomic E-state index is 16.7. The Labute approximate surface area is 373 Å². The second kappa shape index (κ2) is 17.0. The molecular weight excluding hydrogens is 832 g/mol. The molecule has 0 amide bonds. The molecule has 0 unspecified atom stereocenters. The highest BCUT2D eigenvalue weighted by molar-refractivity contribution is 6.75. The van der Waals surface area contributed by atoms with Gasteiger partial charge in [-0.2, -0.15) is 0 Å². The van der Waals surface area contributed by atoms with Crippen LogP contribution in [0.15, 0.2) is 82.9 Å². The summed E-state index contributed by atoms with van der Waals surface area (Å²) in [5.74, 6) is -3.16. The molecule has 3 aromatic carbocycles. The fraction of sp³-hybridized carbons (Fsp3) is 0.460. The summed E-state index contributed by atoms with van der Waals surface area (Å²) in [6.45, 7) is 21.5. The van der Waals surface area contributed by atoms with Crippen molar-refractivity contribution >= 4 is 40.0 Å². The van der Waals surface area contributed by atoms with Gasteiger partial charge in [-0.3, -0.25) is 14.5 Å². The van der Waals surface area contributed by atoms with E-state index < -0.39 is 68.3 Å². The Balaban J connectivity index is 1.40. The molecule has 0 radical (unpaired) electrons. The summed E-state index contributed by atoms with van der Waals surface area (Å²) < 4.78 is 49.2. The van der Waals surface area contributed by atoms with Gasteiger partial charge < -0.3 is 28.0 Å². The number of carbonyl (C=O) groups excluding carboxylic acids is 2. The first-order chi connectivity index (χ1) is 29.5. The topological polar surface area (TPSA) is 121 Å². The minimum absolute atomic E-state index is 0.00678. The minimum Gasteiger partial charge on any atom is -0.507 e. The smallest absolute Gasteiger partial charge is 0.265 e. The van der Waals surface area contributed by atoms with Crippen molar-refractivity contribution in [2.24, 2.45) is 11.8 Å². The summed E-state index contributed by atoms with van der Waals surface area (Å²) in [6.07, 6.45) is 3.88. The third kappa shape index (κ3) is 8.43. The van der Waals surface area contributed by atoms with E-state index in [-0.39, 0.29) is 70.7 Å². The third-order valence-corrected chi connectivity index (χ3v) is 23.1. The number of ketones is 2. The molecule has 63 heavy (non-hydrogen) atoms. The lowest BCUT2D eigenvalue weighted by Crippen LogP contribution is -2.68. The van der Waals surface area contributed by atoms with Gasteiger partial charge in [-0.05, 0) is 91.5 Å². The molecule has 4 atom stereocenters. The second-order valence-corrected chi connectivity index (χ2v) is 30.1. The van der Waals surface area contributed by atoms with E-state index in [0.717, 1.165) is 11.1 Å². The molecule has 1 saturated carbocycles. The van der Waals surface area contributed by atoms with Crippen LogP contribution in [0.1, 0.15) is 97.9 Å². The molecule has 0 aliphatic heterocycles. The summed E-state index contributed by atoms with van der Waals surface area (Å²) in [6, 6.07) is 19.8. The normalized spacial score (nSPS) is 21.7. The number of Topliss-reactive ketones (excluding diaryl/α,β-unsaturated/α-hetero) is 2.